The molecule has 0 spiro atoms. The molecule has 4 rings (SSSR count). The van der Waals surface area contributed by atoms with Crippen molar-refractivity contribution in [2.24, 2.45) is 0 Å². The lowest BCUT2D eigenvalue weighted by molar-refractivity contribution is 1.42. The largest absolute Gasteiger partial charge is 0.0622 e. The fourth-order valence-electron chi connectivity index (χ4n) is 3.44. The van der Waals surface area contributed by atoms with Gasteiger partial charge in [0.2, 0.25) is 0 Å². The van der Waals surface area contributed by atoms with Crippen LogP contribution in [0.15, 0.2) is 84.9 Å². The summed E-state index contributed by atoms with van der Waals surface area (Å²) in [5.41, 5.74) is 7.84. The summed E-state index contributed by atoms with van der Waals surface area (Å²) in [4.78, 5) is 0. The second-order valence-corrected chi connectivity index (χ2v) is 6.37. The fraction of sp³-hybridized carbons (Fsp3) is 0.0833. The summed E-state index contributed by atoms with van der Waals surface area (Å²) in [5, 5.41) is 2.62. The Hall–Kier alpha value is -2.86. The zero-order valence-electron chi connectivity index (χ0n) is 14.1. The molecule has 0 aliphatic carbocycles. The van der Waals surface area contributed by atoms with E-state index in [4.69, 9.17) is 0 Å². The SMILES string of the molecule is Cc1ccc(-c2ccccc2)cc1-c1c(C)ccc2ccccc12. The average Bonchev–Trinajstić information content (AvgIpc) is 2.63. The van der Waals surface area contributed by atoms with E-state index in [1.165, 1.54) is 44.2 Å². The van der Waals surface area contributed by atoms with Gasteiger partial charge in [0.05, 0.1) is 0 Å². The maximum absolute atomic E-state index is 2.33. The van der Waals surface area contributed by atoms with Crippen LogP contribution in [-0.2, 0) is 0 Å². The van der Waals surface area contributed by atoms with Gasteiger partial charge in [0, 0.05) is 0 Å². The Labute approximate surface area is 143 Å². The number of hydrogen-bond acceptors (Lipinski definition) is 0. The Kier molecular flexibility index (Phi) is 3.66. The van der Waals surface area contributed by atoms with Gasteiger partial charge in [0.25, 0.3) is 0 Å². The summed E-state index contributed by atoms with van der Waals surface area (Å²) in [7, 11) is 0. The first-order valence-corrected chi connectivity index (χ1v) is 8.39. The minimum Gasteiger partial charge on any atom is -0.0622 e. The zero-order chi connectivity index (χ0) is 16.5. The first-order chi connectivity index (χ1) is 11.7. The van der Waals surface area contributed by atoms with Gasteiger partial charge in [0.15, 0.2) is 0 Å². The summed E-state index contributed by atoms with van der Waals surface area (Å²) in [6, 6.07) is 30.5. The molecule has 24 heavy (non-hydrogen) atoms. The minimum absolute atomic E-state index is 1.26. The highest BCUT2D eigenvalue weighted by molar-refractivity contribution is 5.99. The molecule has 116 valence electrons. The number of rotatable bonds is 2. The van der Waals surface area contributed by atoms with E-state index in [1.54, 1.807) is 0 Å². The van der Waals surface area contributed by atoms with Gasteiger partial charge in [0.1, 0.15) is 0 Å². The maximum atomic E-state index is 2.33. The molecule has 0 saturated heterocycles. The zero-order valence-corrected chi connectivity index (χ0v) is 14.1. The second kappa shape index (κ2) is 5.98. The molecule has 4 aromatic rings. The van der Waals surface area contributed by atoms with Crippen LogP contribution in [0, 0.1) is 13.8 Å². The van der Waals surface area contributed by atoms with E-state index in [0.717, 1.165) is 0 Å². The van der Waals surface area contributed by atoms with Crippen LogP contribution in [0.3, 0.4) is 0 Å². The normalized spacial score (nSPS) is 10.9. The van der Waals surface area contributed by atoms with Crippen molar-refractivity contribution in [3.8, 4) is 22.3 Å². The minimum atomic E-state index is 1.26. The van der Waals surface area contributed by atoms with Crippen molar-refractivity contribution in [3.05, 3.63) is 96.1 Å². The van der Waals surface area contributed by atoms with Gasteiger partial charge >= 0.3 is 0 Å². The Morgan fingerprint density at radius 1 is 0.542 bits per heavy atom. The molecule has 0 saturated carbocycles. The van der Waals surface area contributed by atoms with Gasteiger partial charge in [-0.3, -0.25) is 0 Å². The lowest BCUT2D eigenvalue weighted by Gasteiger charge is -2.15. The maximum Gasteiger partial charge on any atom is -0.00732 e. The van der Waals surface area contributed by atoms with Crippen LogP contribution in [-0.4, -0.2) is 0 Å². The van der Waals surface area contributed by atoms with Gasteiger partial charge in [-0.15, -0.1) is 0 Å². The number of hydrogen-bond donors (Lipinski definition) is 0. The summed E-state index contributed by atoms with van der Waals surface area (Å²) < 4.78 is 0. The van der Waals surface area contributed by atoms with Crippen molar-refractivity contribution in [1.29, 1.82) is 0 Å². The predicted octanol–water partition coefficient (Wildman–Crippen LogP) is 6.79. The lowest BCUT2D eigenvalue weighted by Crippen LogP contribution is -1.90. The van der Waals surface area contributed by atoms with E-state index in [2.05, 4.69) is 98.8 Å². The second-order valence-electron chi connectivity index (χ2n) is 6.37. The van der Waals surface area contributed by atoms with Gasteiger partial charge in [-0.25, -0.2) is 0 Å². The predicted molar refractivity (Wildman–Crippen MR) is 104 cm³/mol. The van der Waals surface area contributed by atoms with E-state index in [-0.39, 0.29) is 0 Å². The smallest absolute Gasteiger partial charge is 0.00732 e. The van der Waals surface area contributed by atoms with E-state index in [1.807, 2.05) is 0 Å². The standard InChI is InChI=1S/C24H20/c1-17-12-15-21(19-8-4-3-5-9-19)16-23(17)24-18(2)13-14-20-10-6-7-11-22(20)24/h3-16H,1-2H3. The third kappa shape index (κ3) is 2.51. The topological polar surface area (TPSA) is 0 Å². The molecule has 0 aliphatic rings. The number of aryl methyl sites for hydroxylation is 2. The molecule has 0 bridgehead atoms. The molecule has 0 heteroatoms. The molecule has 0 amide bonds. The Morgan fingerprint density at radius 2 is 1.25 bits per heavy atom. The molecule has 0 fully saturated rings. The number of benzene rings is 4. The van der Waals surface area contributed by atoms with Crippen LogP contribution >= 0.6 is 0 Å². The summed E-state index contributed by atoms with van der Waals surface area (Å²) in [5.74, 6) is 0. The van der Waals surface area contributed by atoms with Crippen LogP contribution in [0.1, 0.15) is 11.1 Å². The molecule has 0 heterocycles. The number of fused-ring (bicyclic) bond motifs is 1. The van der Waals surface area contributed by atoms with Crippen LogP contribution < -0.4 is 0 Å². The summed E-state index contributed by atoms with van der Waals surface area (Å²) in [6.45, 7) is 4.40. The third-order valence-corrected chi connectivity index (χ3v) is 4.75. The summed E-state index contributed by atoms with van der Waals surface area (Å²) >= 11 is 0. The van der Waals surface area contributed by atoms with Crippen molar-refractivity contribution < 1.29 is 0 Å². The fourth-order valence-corrected chi connectivity index (χ4v) is 3.44. The highest BCUT2D eigenvalue weighted by Crippen LogP contribution is 2.36. The van der Waals surface area contributed by atoms with E-state index < -0.39 is 0 Å². The van der Waals surface area contributed by atoms with Gasteiger partial charge < -0.3 is 0 Å². The first kappa shape index (κ1) is 14.7. The molecule has 0 aliphatic heterocycles. The van der Waals surface area contributed by atoms with Crippen LogP contribution in [0.5, 0.6) is 0 Å². The first-order valence-electron chi connectivity index (χ1n) is 8.39. The van der Waals surface area contributed by atoms with Crippen LogP contribution in [0.2, 0.25) is 0 Å². The Balaban J connectivity index is 1.99. The van der Waals surface area contributed by atoms with E-state index >= 15 is 0 Å². The monoisotopic (exact) mass is 308 g/mol. The average molecular weight is 308 g/mol. The molecule has 0 atom stereocenters. The molecule has 0 unspecified atom stereocenters. The quantitative estimate of drug-likeness (QED) is 0.382. The summed E-state index contributed by atoms with van der Waals surface area (Å²) in [6.07, 6.45) is 0. The van der Waals surface area contributed by atoms with Crippen LogP contribution in [0.4, 0.5) is 0 Å². The molecule has 0 N–H and O–H groups in total. The van der Waals surface area contributed by atoms with Gasteiger partial charge in [-0.05, 0) is 64.1 Å². The molecule has 0 nitrogen and oxygen atoms in total. The van der Waals surface area contributed by atoms with Crippen LogP contribution in [0.25, 0.3) is 33.0 Å². The molecular weight excluding hydrogens is 288 g/mol. The Morgan fingerprint density at radius 3 is 2.08 bits per heavy atom. The van der Waals surface area contributed by atoms with Crippen molar-refractivity contribution in [3.63, 3.8) is 0 Å². The van der Waals surface area contributed by atoms with Crippen molar-refractivity contribution >= 4 is 10.8 Å². The van der Waals surface area contributed by atoms with Crippen molar-refractivity contribution in [2.75, 3.05) is 0 Å². The lowest BCUT2D eigenvalue weighted by atomic mass is 9.89. The molecule has 0 radical (unpaired) electrons. The van der Waals surface area contributed by atoms with Gasteiger partial charge in [-0.2, -0.15) is 0 Å². The highest BCUT2D eigenvalue weighted by atomic mass is 14.1. The molecular formula is C24H20. The third-order valence-electron chi connectivity index (χ3n) is 4.75. The molecule has 0 aromatic heterocycles. The van der Waals surface area contributed by atoms with Crippen molar-refractivity contribution in [2.45, 2.75) is 13.8 Å². The van der Waals surface area contributed by atoms with E-state index in [0.29, 0.717) is 0 Å². The Bertz CT molecular complexity index is 1010. The van der Waals surface area contributed by atoms with E-state index in [9.17, 15) is 0 Å². The van der Waals surface area contributed by atoms with Gasteiger partial charge in [-0.1, -0.05) is 78.9 Å². The van der Waals surface area contributed by atoms with Crippen molar-refractivity contribution in [1.82, 2.24) is 0 Å². The molecule has 4 aromatic carbocycles. The highest BCUT2D eigenvalue weighted by Gasteiger charge is 2.11.